The van der Waals surface area contributed by atoms with Crippen LogP contribution in [-0.4, -0.2) is 21.1 Å². The van der Waals surface area contributed by atoms with E-state index in [1.165, 1.54) is 5.56 Å². The normalized spacial score (nSPS) is 11.4. The molecule has 2 aromatic heterocycles. The predicted octanol–water partition coefficient (Wildman–Crippen LogP) is 3.54. The lowest BCUT2D eigenvalue weighted by Crippen LogP contribution is -1.99. The second-order valence-corrected chi connectivity index (χ2v) is 5.41. The Morgan fingerprint density at radius 3 is 3.11 bits per heavy atom. The highest BCUT2D eigenvalue weighted by molar-refractivity contribution is 7.71. The number of thiophene rings is 1. The molecule has 0 aliphatic heterocycles. The number of aryl methyl sites for hydroxylation is 2. The highest BCUT2D eigenvalue weighted by Crippen LogP contribution is 2.13. The Kier molecular flexibility index (Phi) is 4.43. The van der Waals surface area contributed by atoms with E-state index in [0.717, 1.165) is 30.0 Å². The van der Waals surface area contributed by atoms with Crippen molar-refractivity contribution in [2.45, 2.75) is 33.1 Å². The Balaban J connectivity index is 2.23. The molecule has 2 rings (SSSR count). The smallest absolute Gasteiger partial charge is 0.216 e. The molecule has 0 fully saturated rings. The first-order valence-corrected chi connectivity index (χ1v) is 7.26. The van der Waals surface area contributed by atoms with Crippen molar-refractivity contribution in [2.75, 3.05) is 0 Å². The Bertz CT molecular complexity index is 591. The quantitative estimate of drug-likeness (QED) is 0.672. The molecular formula is C12H16N4S2. The highest BCUT2D eigenvalue weighted by Gasteiger charge is 2.04. The molecular weight excluding hydrogens is 264 g/mol. The van der Waals surface area contributed by atoms with Gasteiger partial charge in [-0.3, -0.25) is 5.10 Å². The first kappa shape index (κ1) is 13.2. The predicted molar refractivity (Wildman–Crippen MR) is 78.1 cm³/mol. The molecule has 0 aliphatic carbocycles. The van der Waals surface area contributed by atoms with E-state index >= 15 is 0 Å². The fourth-order valence-electron chi connectivity index (χ4n) is 1.57. The average molecular weight is 280 g/mol. The van der Waals surface area contributed by atoms with Crippen LogP contribution in [0.5, 0.6) is 0 Å². The number of rotatable bonds is 5. The lowest BCUT2D eigenvalue weighted by Gasteiger charge is -1.98. The summed E-state index contributed by atoms with van der Waals surface area (Å²) < 4.78 is 2.26. The van der Waals surface area contributed by atoms with Crippen LogP contribution in [-0.2, 0) is 6.42 Å². The van der Waals surface area contributed by atoms with Gasteiger partial charge in [0.1, 0.15) is 0 Å². The summed E-state index contributed by atoms with van der Waals surface area (Å²) in [7, 11) is 0. The molecule has 0 saturated heterocycles. The second kappa shape index (κ2) is 6.06. The molecule has 6 heteroatoms. The van der Waals surface area contributed by atoms with Gasteiger partial charge in [0.15, 0.2) is 5.82 Å². The number of unbranched alkanes of at least 4 members (excludes halogenated alkanes) is 1. The van der Waals surface area contributed by atoms with Crippen molar-refractivity contribution in [3.63, 3.8) is 0 Å². The van der Waals surface area contributed by atoms with Crippen LogP contribution in [0.25, 0.3) is 0 Å². The minimum absolute atomic E-state index is 0.548. The van der Waals surface area contributed by atoms with Gasteiger partial charge in [0.25, 0.3) is 0 Å². The minimum Gasteiger partial charge on any atom is -0.250 e. The monoisotopic (exact) mass is 280 g/mol. The van der Waals surface area contributed by atoms with Crippen LogP contribution in [0.2, 0.25) is 0 Å². The van der Waals surface area contributed by atoms with Crippen molar-refractivity contribution < 1.29 is 0 Å². The molecule has 0 amide bonds. The van der Waals surface area contributed by atoms with Gasteiger partial charge in [-0.2, -0.15) is 14.9 Å². The highest BCUT2D eigenvalue weighted by atomic mass is 32.1. The van der Waals surface area contributed by atoms with Gasteiger partial charge in [-0.15, -0.1) is 11.3 Å². The Morgan fingerprint density at radius 2 is 2.44 bits per heavy atom. The molecule has 1 N–H and O–H groups in total. The summed E-state index contributed by atoms with van der Waals surface area (Å²) in [5, 5.41) is 13.5. The van der Waals surface area contributed by atoms with Gasteiger partial charge in [-0.25, -0.2) is 0 Å². The standard InChI is InChI=1S/C12H16N4S2/c1-3-4-5-11-14-15-12(17)16(11)13-8-10-9(2)6-7-18-10/h6-8H,3-5H2,1-2H3,(H,15,17)/b13-8+. The number of hydrogen-bond acceptors (Lipinski definition) is 4. The lowest BCUT2D eigenvalue weighted by molar-refractivity contribution is 0.700. The van der Waals surface area contributed by atoms with Gasteiger partial charge < -0.3 is 0 Å². The molecule has 2 aromatic rings. The van der Waals surface area contributed by atoms with E-state index in [9.17, 15) is 0 Å². The van der Waals surface area contributed by atoms with E-state index in [1.807, 2.05) is 6.21 Å². The zero-order chi connectivity index (χ0) is 13.0. The van der Waals surface area contributed by atoms with Crippen LogP contribution in [0, 0.1) is 11.7 Å². The summed E-state index contributed by atoms with van der Waals surface area (Å²) in [6, 6.07) is 2.08. The third-order valence-corrected chi connectivity index (χ3v) is 3.88. The third-order valence-electron chi connectivity index (χ3n) is 2.66. The van der Waals surface area contributed by atoms with Crippen LogP contribution in [0.4, 0.5) is 0 Å². The number of H-pyrrole nitrogens is 1. The molecule has 0 atom stereocenters. The summed E-state index contributed by atoms with van der Waals surface area (Å²) in [6.45, 7) is 4.23. The van der Waals surface area contributed by atoms with Gasteiger partial charge in [-0.05, 0) is 42.6 Å². The molecule has 0 aliphatic rings. The van der Waals surface area contributed by atoms with E-state index in [2.05, 4.69) is 40.6 Å². The molecule has 0 radical (unpaired) electrons. The van der Waals surface area contributed by atoms with Crippen molar-refractivity contribution in [3.05, 3.63) is 32.5 Å². The van der Waals surface area contributed by atoms with Gasteiger partial charge in [0, 0.05) is 6.42 Å². The van der Waals surface area contributed by atoms with E-state index in [1.54, 1.807) is 16.0 Å². The topological polar surface area (TPSA) is 46.0 Å². The van der Waals surface area contributed by atoms with Gasteiger partial charge >= 0.3 is 0 Å². The summed E-state index contributed by atoms with van der Waals surface area (Å²) in [4.78, 5) is 1.15. The lowest BCUT2D eigenvalue weighted by atomic mass is 10.2. The van der Waals surface area contributed by atoms with E-state index in [-0.39, 0.29) is 0 Å². The molecule has 0 aromatic carbocycles. The number of aromatic nitrogens is 3. The Morgan fingerprint density at radius 1 is 1.61 bits per heavy atom. The fraction of sp³-hybridized carbons (Fsp3) is 0.417. The second-order valence-electron chi connectivity index (χ2n) is 4.07. The fourth-order valence-corrected chi connectivity index (χ4v) is 2.55. The first-order valence-electron chi connectivity index (χ1n) is 5.97. The van der Waals surface area contributed by atoms with E-state index in [4.69, 9.17) is 12.2 Å². The SMILES string of the molecule is CCCCc1n[nH]c(=S)n1/N=C/c1sccc1C. The molecule has 96 valence electrons. The number of aromatic amines is 1. The van der Waals surface area contributed by atoms with Crippen LogP contribution in [0.15, 0.2) is 16.5 Å². The first-order chi connectivity index (χ1) is 8.72. The van der Waals surface area contributed by atoms with Crippen LogP contribution in [0.1, 0.15) is 36.0 Å². The van der Waals surface area contributed by atoms with Gasteiger partial charge in [0.05, 0.1) is 11.1 Å². The molecule has 0 bridgehead atoms. The number of nitrogens with zero attached hydrogens (tertiary/aromatic N) is 3. The van der Waals surface area contributed by atoms with E-state index in [0.29, 0.717) is 4.77 Å². The van der Waals surface area contributed by atoms with E-state index < -0.39 is 0 Å². The van der Waals surface area contributed by atoms with Crippen molar-refractivity contribution in [3.8, 4) is 0 Å². The zero-order valence-electron chi connectivity index (χ0n) is 10.5. The maximum atomic E-state index is 5.19. The zero-order valence-corrected chi connectivity index (χ0v) is 12.1. The van der Waals surface area contributed by atoms with Crippen molar-refractivity contribution >= 4 is 29.8 Å². The van der Waals surface area contributed by atoms with Crippen LogP contribution < -0.4 is 0 Å². The van der Waals surface area contributed by atoms with Crippen LogP contribution >= 0.6 is 23.6 Å². The van der Waals surface area contributed by atoms with Crippen molar-refractivity contribution in [2.24, 2.45) is 5.10 Å². The summed E-state index contributed by atoms with van der Waals surface area (Å²) in [6.07, 6.45) is 4.96. The van der Waals surface area contributed by atoms with Gasteiger partial charge in [-0.1, -0.05) is 13.3 Å². The summed E-state index contributed by atoms with van der Waals surface area (Å²) >= 11 is 6.86. The average Bonchev–Trinajstić information content (AvgIpc) is 2.91. The maximum Gasteiger partial charge on any atom is 0.216 e. The molecule has 18 heavy (non-hydrogen) atoms. The summed E-state index contributed by atoms with van der Waals surface area (Å²) in [5.74, 6) is 0.896. The Labute approximate surface area is 115 Å². The Hall–Kier alpha value is -1.27. The number of hydrogen-bond donors (Lipinski definition) is 1. The summed E-state index contributed by atoms with van der Waals surface area (Å²) in [5.41, 5.74) is 1.23. The molecule has 4 nitrogen and oxygen atoms in total. The van der Waals surface area contributed by atoms with Gasteiger partial charge in [0.2, 0.25) is 4.77 Å². The number of nitrogens with one attached hydrogen (secondary N) is 1. The molecule has 0 spiro atoms. The molecule has 0 saturated carbocycles. The maximum absolute atomic E-state index is 5.19. The van der Waals surface area contributed by atoms with Crippen molar-refractivity contribution in [1.29, 1.82) is 0 Å². The van der Waals surface area contributed by atoms with Crippen molar-refractivity contribution in [1.82, 2.24) is 14.9 Å². The third kappa shape index (κ3) is 2.94. The molecule has 0 unspecified atom stereocenters. The minimum atomic E-state index is 0.548. The van der Waals surface area contributed by atoms with Crippen LogP contribution in [0.3, 0.4) is 0 Å². The largest absolute Gasteiger partial charge is 0.250 e. The molecule has 2 heterocycles.